The first-order valence-corrected chi connectivity index (χ1v) is 12.8. The SMILES string of the molecule is O=S(=O)(Nc1ncccn1)c1ccc(N=Nc2ccc(O)c(C=NCCN=Cc3ccccc3O)c2)cc1. The van der Waals surface area contributed by atoms with E-state index in [1.165, 1.54) is 48.9 Å². The van der Waals surface area contributed by atoms with Gasteiger partial charge in [0.15, 0.2) is 0 Å². The molecule has 1 heterocycles. The fraction of sp³-hybridized carbons (Fsp3) is 0.0769. The molecule has 0 amide bonds. The van der Waals surface area contributed by atoms with Crippen LogP contribution in [0.15, 0.2) is 110 Å². The van der Waals surface area contributed by atoms with Gasteiger partial charge in [0.2, 0.25) is 5.95 Å². The average Bonchev–Trinajstić information content (AvgIpc) is 2.92. The minimum Gasteiger partial charge on any atom is -0.507 e. The first-order valence-electron chi connectivity index (χ1n) is 11.3. The second kappa shape index (κ2) is 12.3. The van der Waals surface area contributed by atoms with E-state index in [1.807, 2.05) is 6.07 Å². The standard InChI is InChI=1S/C26H23N7O4S/c34-24-5-2-1-4-19(24)17-27-14-15-28-18-20-16-22(8-11-25(20)35)32-31-21-6-9-23(10-7-21)38(36,37)33-26-29-12-3-13-30-26/h1-13,16-18,34-35H,14-15H2,(H,29,30,33). The molecule has 0 bridgehead atoms. The largest absolute Gasteiger partial charge is 0.507 e. The number of anilines is 1. The lowest BCUT2D eigenvalue weighted by Gasteiger charge is -2.06. The van der Waals surface area contributed by atoms with Crippen molar-refractivity contribution in [2.75, 3.05) is 17.8 Å². The highest BCUT2D eigenvalue weighted by Crippen LogP contribution is 2.25. The van der Waals surface area contributed by atoms with Crippen LogP contribution in [0.4, 0.5) is 17.3 Å². The third-order valence-electron chi connectivity index (χ3n) is 4.99. The minimum absolute atomic E-state index is 0.0249. The number of aromatic hydroxyl groups is 2. The molecule has 0 saturated heterocycles. The molecule has 12 heteroatoms. The number of hydrogen-bond acceptors (Lipinski definition) is 10. The molecule has 0 saturated carbocycles. The summed E-state index contributed by atoms with van der Waals surface area (Å²) in [6.45, 7) is 0.792. The number of nitrogens with one attached hydrogen (secondary N) is 1. The summed E-state index contributed by atoms with van der Waals surface area (Å²) >= 11 is 0. The number of hydrogen-bond donors (Lipinski definition) is 3. The predicted octanol–water partition coefficient (Wildman–Crippen LogP) is 4.64. The van der Waals surface area contributed by atoms with Crippen LogP contribution in [0.2, 0.25) is 0 Å². The number of rotatable bonds is 10. The number of aromatic nitrogens is 2. The van der Waals surface area contributed by atoms with Crippen LogP contribution in [0, 0.1) is 0 Å². The van der Waals surface area contributed by atoms with Gasteiger partial charge in [-0.1, -0.05) is 12.1 Å². The molecule has 0 spiro atoms. The summed E-state index contributed by atoms with van der Waals surface area (Å²) in [4.78, 5) is 16.2. The Labute approximate surface area is 219 Å². The molecule has 0 fully saturated rings. The predicted molar refractivity (Wildman–Crippen MR) is 145 cm³/mol. The molecule has 0 aliphatic rings. The fourth-order valence-corrected chi connectivity index (χ4v) is 4.04. The Morgan fingerprint density at radius 1 is 0.737 bits per heavy atom. The van der Waals surface area contributed by atoms with Crippen LogP contribution in [-0.4, -0.2) is 54.1 Å². The fourth-order valence-electron chi connectivity index (χ4n) is 3.08. The highest BCUT2D eigenvalue weighted by molar-refractivity contribution is 7.92. The molecule has 4 aromatic rings. The summed E-state index contributed by atoms with van der Waals surface area (Å²) in [5.41, 5.74) is 2.00. The van der Waals surface area contributed by atoms with Gasteiger partial charge in [-0.15, -0.1) is 0 Å². The van der Waals surface area contributed by atoms with Crippen molar-refractivity contribution in [3.05, 3.63) is 96.3 Å². The second-order valence-corrected chi connectivity index (χ2v) is 9.43. The van der Waals surface area contributed by atoms with Crippen molar-refractivity contribution in [1.82, 2.24) is 9.97 Å². The molecule has 3 N–H and O–H groups in total. The summed E-state index contributed by atoms with van der Waals surface area (Å²) in [6, 6.07) is 19.0. The highest BCUT2D eigenvalue weighted by atomic mass is 32.2. The van der Waals surface area contributed by atoms with Gasteiger partial charge in [-0.05, 0) is 60.7 Å². The van der Waals surface area contributed by atoms with E-state index < -0.39 is 10.0 Å². The van der Waals surface area contributed by atoms with Crippen LogP contribution in [0.1, 0.15) is 11.1 Å². The van der Waals surface area contributed by atoms with Gasteiger partial charge < -0.3 is 10.2 Å². The summed E-state index contributed by atoms with van der Waals surface area (Å²) in [5.74, 6) is 0.171. The molecule has 0 aliphatic heterocycles. The minimum atomic E-state index is -3.85. The molecule has 0 atom stereocenters. The Morgan fingerprint density at radius 2 is 1.34 bits per heavy atom. The summed E-state index contributed by atoms with van der Waals surface area (Å²) < 4.78 is 27.3. The Hall–Kier alpha value is -4.97. The Balaban J connectivity index is 1.35. The van der Waals surface area contributed by atoms with E-state index >= 15 is 0 Å². The molecule has 1 aromatic heterocycles. The molecule has 3 aromatic carbocycles. The van der Waals surface area contributed by atoms with E-state index in [9.17, 15) is 18.6 Å². The lowest BCUT2D eigenvalue weighted by atomic mass is 10.2. The van der Waals surface area contributed by atoms with E-state index in [1.54, 1.807) is 42.6 Å². The number of benzene rings is 3. The maximum atomic E-state index is 12.5. The molecule has 38 heavy (non-hydrogen) atoms. The van der Waals surface area contributed by atoms with Gasteiger partial charge in [-0.2, -0.15) is 10.2 Å². The number of phenolic OH excluding ortho intramolecular Hbond substituents is 2. The van der Waals surface area contributed by atoms with Crippen LogP contribution in [0.3, 0.4) is 0 Å². The van der Waals surface area contributed by atoms with Crippen molar-refractivity contribution in [2.45, 2.75) is 4.90 Å². The first-order chi connectivity index (χ1) is 18.4. The van der Waals surface area contributed by atoms with Gasteiger partial charge in [-0.25, -0.2) is 23.1 Å². The van der Waals surface area contributed by atoms with Crippen molar-refractivity contribution >= 4 is 39.8 Å². The summed E-state index contributed by atoms with van der Waals surface area (Å²) in [5, 5.41) is 28.1. The molecular formula is C26H23N7O4S. The van der Waals surface area contributed by atoms with E-state index in [0.29, 0.717) is 35.6 Å². The zero-order valence-corrected chi connectivity index (χ0v) is 20.8. The molecule has 0 unspecified atom stereocenters. The number of nitrogens with zero attached hydrogens (tertiary/aromatic N) is 6. The van der Waals surface area contributed by atoms with Gasteiger partial charge in [-0.3, -0.25) is 9.98 Å². The second-order valence-electron chi connectivity index (χ2n) is 7.74. The van der Waals surface area contributed by atoms with Gasteiger partial charge in [0.25, 0.3) is 10.0 Å². The van der Waals surface area contributed by atoms with Crippen molar-refractivity contribution < 1.29 is 18.6 Å². The lowest BCUT2D eigenvalue weighted by molar-refractivity contribution is 0.474. The maximum Gasteiger partial charge on any atom is 0.264 e. The Morgan fingerprint density at radius 3 is 2.05 bits per heavy atom. The monoisotopic (exact) mass is 529 g/mol. The molecule has 0 radical (unpaired) electrons. The van der Waals surface area contributed by atoms with Crippen molar-refractivity contribution in [3.8, 4) is 11.5 Å². The van der Waals surface area contributed by atoms with E-state index in [2.05, 4.69) is 34.9 Å². The maximum absolute atomic E-state index is 12.5. The number of azo groups is 1. The van der Waals surface area contributed by atoms with Crippen LogP contribution in [0.25, 0.3) is 0 Å². The van der Waals surface area contributed by atoms with E-state index in [4.69, 9.17) is 0 Å². The number of phenols is 2. The van der Waals surface area contributed by atoms with Gasteiger partial charge in [0.05, 0.1) is 29.4 Å². The lowest BCUT2D eigenvalue weighted by Crippen LogP contribution is -2.14. The number of para-hydroxylation sites is 1. The Kier molecular flexibility index (Phi) is 8.46. The normalized spacial score (nSPS) is 12.0. The molecule has 11 nitrogen and oxygen atoms in total. The third-order valence-corrected chi connectivity index (χ3v) is 6.33. The zero-order chi connectivity index (χ0) is 26.8. The topological polar surface area (TPSA) is 162 Å². The zero-order valence-electron chi connectivity index (χ0n) is 20.0. The van der Waals surface area contributed by atoms with E-state index in [-0.39, 0.29) is 22.3 Å². The number of sulfonamides is 1. The van der Waals surface area contributed by atoms with Crippen LogP contribution in [0.5, 0.6) is 11.5 Å². The van der Waals surface area contributed by atoms with Crippen molar-refractivity contribution in [2.24, 2.45) is 20.2 Å². The third kappa shape index (κ3) is 7.27. The molecular weight excluding hydrogens is 506 g/mol. The highest BCUT2D eigenvalue weighted by Gasteiger charge is 2.15. The van der Waals surface area contributed by atoms with Crippen LogP contribution < -0.4 is 4.72 Å². The van der Waals surface area contributed by atoms with E-state index in [0.717, 1.165) is 0 Å². The Bertz CT molecular complexity index is 1570. The van der Waals surface area contributed by atoms with Crippen molar-refractivity contribution in [3.63, 3.8) is 0 Å². The summed E-state index contributed by atoms with van der Waals surface area (Å²) in [7, 11) is -3.85. The first kappa shape index (κ1) is 26.1. The van der Waals surface area contributed by atoms with Crippen LogP contribution in [-0.2, 0) is 10.0 Å². The molecule has 192 valence electrons. The van der Waals surface area contributed by atoms with Crippen molar-refractivity contribution in [1.29, 1.82) is 0 Å². The van der Waals surface area contributed by atoms with Crippen LogP contribution >= 0.6 is 0 Å². The van der Waals surface area contributed by atoms with Gasteiger partial charge in [0.1, 0.15) is 11.5 Å². The van der Waals surface area contributed by atoms with Gasteiger partial charge in [0, 0.05) is 35.9 Å². The average molecular weight is 530 g/mol. The smallest absolute Gasteiger partial charge is 0.264 e. The summed E-state index contributed by atoms with van der Waals surface area (Å²) in [6.07, 6.45) is 5.97. The molecule has 4 rings (SSSR count). The molecule has 0 aliphatic carbocycles. The number of aliphatic imine (C=N–C) groups is 2. The van der Waals surface area contributed by atoms with Gasteiger partial charge >= 0.3 is 0 Å². The quantitative estimate of drug-likeness (QED) is 0.154.